The van der Waals surface area contributed by atoms with Crippen molar-refractivity contribution in [2.24, 2.45) is 0 Å². The Labute approximate surface area is 120 Å². The third-order valence-corrected chi connectivity index (χ3v) is 4.64. The summed E-state index contributed by atoms with van der Waals surface area (Å²) in [7, 11) is 0. The predicted octanol–water partition coefficient (Wildman–Crippen LogP) is 3.77. The fraction of sp³-hybridized carbons (Fsp3) is 0.615. The van der Waals surface area contributed by atoms with E-state index in [1.807, 2.05) is 11.8 Å². The molecule has 1 aliphatic carbocycles. The van der Waals surface area contributed by atoms with Gasteiger partial charge in [-0.05, 0) is 31.6 Å². The number of nitrogens with one attached hydrogen (secondary N) is 1. The van der Waals surface area contributed by atoms with Crippen LogP contribution in [0.25, 0.3) is 0 Å². The number of nitrogens with two attached hydrogens (primary N) is 1. The van der Waals surface area contributed by atoms with Crippen LogP contribution >= 0.6 is 11.8 Å². The summed E-state index contributed by atoms with van der Waals surface area (Å²) in [6.45, 7) is 0. The number of alkyl halides is 3. The van der Waals surface area contributed by atoms with Crippen molar-refractivity contribution in [1.29, 1.82) is 0 Å². The van der Waals surface area contributed by atoms with Gasteiger partial charge in [-0.2, -0.15) is 24.9 Å². The van der Waals surface area contributed by atoms with Gasteiger partial charge in [0.25, 0.3) is 0 Å². The Hall–Kier alpha value is -1.11. The van der Waals surface area contributed by atoms with E-state index in [1.54, 1.807) is 0 Å². The molecule has 1 heterocycles. The monoisotopic (exact) mass is 305 g/mol. The Bertz CT molecular complexity index is 465. The average Bonchev–Trinajstić information content (AvgIpc) is 2.40. The SMILES string of the molecule is CSC1CCCC(Nc2cc(C(F)(F)F)ncc2N)C1. The number of aromatic nitrogens is 1. The number of hydrogen-bond donors (Lipinski definition) is 2. The molecule has 3 nitrogen and oxygen atoms in total. The smallest absolute Gasteiger partial charge is 0.396 e. The minimum Gasteiger partial charge on any atom is -0.396 e. The quantitative estimate of drug-likeness (QED) is 0.892. The molecule has 0 bridgehead atoms. The van der Waals surface area contributed by atoms with Crippen LogP contribution < -0.4 is 11.1 Å². The number of pyridine rings is 1. The van der Waals surface area contributed by atoms with E-state index in [9.17, 15) is 13.2 Å². The Balaban J connectivity index is 2.12. The fourth-order valence-electron chi connectivity index (χ4n) is 2.46. The van der Waals surface area contributed by atoms with Crippen LogP contribution in [0, 0.1) is 0 Å². The molecule has 1 saturated carbocycles. The maximum absolute atomic E-state index is 12.7. The summed E-state index contributed by atoms with van der Waals surface area (Å²) in [5.74, 6) is 0. The first-order valence-corrected chi connectivity index (χ1v) is 7.81. The molecule has 20 heavy (non-hydrogen) atoms. The Morgan fingerprint density at radius 2 is 2.15 bits per heavy atom. The molecule has 0 amide bonds. The summed E-state index contributed by atoms with van der Waals surface area (Å²) in [5.41, 5.74) is 5.40. The van der Waals surface area contributed by atoms with Crippen LogP contribution in [0.15, 0.2) is 12.3 Å². The molecule has 3 N–H and O–H groups in total. The zero-order valence-corrected chi connectivity index (χ0v) is 12.0. The topological polar surface area (TPSA) is 50.9 Å². The number of anilines is 2. The lowest BCUT2D eigenvalue weighted by Crippen LogP contribution is -2.29. The van der Waals surface area contributed by atoms with Crippen molar-refractivity contribution >= 4 is 23.1 Å². The molecule has 2 atom stereocenters. The molecule has 1 aromatic heterocycles. The predicted molar refractivity (Wildman–Crippen MR) is 76.8 cm³/mol. The van der Waals surface area contributed by atoms with E-state index in [2.05, 4.69) is 16.6 Å². The van der Waals surface area contributed by atoms with Gasteiger partial charge in [0.1, 0.15) is 5.69 Å². The van der Waals surface area contributed by atoms with Crippen LogP contribution in [0.5, 0.6) is 0 Å². The van der Waals surface area contributed by atoms with Gasteiger partial charge in [0.2, 0.25) is 0 Å². The average molecular weight is 305 g/mol. The highest BCUT2D eigenvalue weighted by Crippen LogP contribution is 2.33. The molecule has 0 aliphatic heterocycles. The van der Waals surface area contributed by atoms with Gasteiger partial charge in [-0.3, -0.25) is 0 Å². The van der Waals surface area contributed by atoms with Crippen LogP contribution in [-0.4, -0.2) is 22.5 Å². The Kier molecular flexibility index (Phi) is 4.67. The van der Waals surface area contributed by atoms with Crippen LogP contribution in [0.4, 0.5) is 24.5 Å². The molecule has 1 fully saturated rings. The first-order chi connectivity index (χ1) is 9.40. The van der Waals surface area contributed by atoms with E-state index < -0.39 is 11.9 Å². The number of rotatable bonds is 3. The van der Waals surface area contributed by atoms with Gasteiger partial charge in [0.05, 0.1) is 17.6 Å². The summed E-state index contributed by atoms with van der Waals surface area (Å²) >= 11 is 1.81. The maximum Gasteiger partial charge on any atom is 0.433 e. The van der Waals surface area contributed by atoms with Crippen molar-refractivity contribution in [2.75, 3.05) is 17.3 Å². The second-order valence-corrected chi connectivity index (χ2v) is 6.16. The van der Waals surface area contributed by atoms with E-state index in [-0.39, 0.29) is 11.7 Å². The minimum absolute atomic E-state index is 0.173. The second-order valence-electron chi connectivity index (χ2n) is 5.02. The van der Waals surface area contributed by atoms with E-state index in [0.717, 1.165) is 31.5 Å². The van der Waals surface area contributed by atoms with Crippen molar-refractivity contribution in [3.05, 3.63) is 18.0 Å². The zero-order chi connectivity index (χ0) is 14.8. The largest absolute Gasteiger partial charge is 0.433 e. The third kappa shape index (κ3) is 3.71. The van der Waals surface area contributed by atoms with Crippen molar-refractivity contribution in [3.8, 4) is 0 Å². The molecule has 2 unspecified atom stereocenters. The summed E-state index contributed by atoms with van der Waals surface area (Å²) in [5, 5.41) is 3.71. The van der Waals surface area contributed by atoms with Gasteiger partial charge in [-0.1, -0.05) is 6.42 Å². The summed E-state index contributed by atoms with van der Waals surface area (Å²) in [6.07, 6.45) is 2.85. The summed E-state index contributed by atoms with van der Waals surface area (Å²) in [6, 6.07) is 1.17. The molecule has 0 radical (unpaired) electrons. The molecule has 0 spiro atoms. The van der Waals surface area contributed by atoms with Gasteiger partial charge >= 0.3 is 6.18 Å². The first kappa shape index (κ1) is 15.3. The van der Waals surface area contributed by atoms with Gasteiger partial charge in [0.15, 0.2) is 0 Å². The second kappa shape index (κ2) is 6.11. The fourth-order valence-corrected chi connectivity index (χ4v) is 3.28. The molecule has 7 heteroatoms. The van der Waals surface area contributed by atoms with E-state index in [0.29, 0.717) is 10.9 Å². The molecule has 1 aliphatic rings. The van der Waals surface area contributed by atoms with E-state index in [4.69, 9.17) is 5.73 Å². The number of nitrogen functional groups attached to an aromatic ring is 1. The van der Waals surface area contributed by atoms with Crippen LogP contribution in [0.1, 0.15) is 31.4 Å². The normalized spacial score (nSPS) is 23.6. The zero-order valence-electron chi connectivity index (χ0n) is 11.2. The van der Waals surface area contributed by atoms with Gasteiger partial charge in [0, 0.05) is 11.3 Å². The lowest BCUT2D eigenvalue weighted by Gasteiger charge is -2.29. The highest BCUT2D eigenvalue weighted by molar-refractivity contribution is 7.99. The van der Waals surface area contributed by atoms with Crippen LogP contribution in [0.2, 0.25) is 0 Å². The first-order valence-electron chi connectivity index (χ1n) is 6.52. The molecule has 2 rings (SSSR count). The standard InChI is InChI=1S/C13H18F3N3S/c1-20-9-4-2-3-8(5-9)19-11-6-12(13(14,15)16)18-7-10(11)17/h6-9H,2-5,17H2,1H3,(H,18,19). The van der Waals surface area contributed by atoms with Gasteiger partial charge < -0.3 is 11.1 Å². The Morgan fingerprint density at radius 1 is 1.40 bits per heavy atom. The van der Waals surface area contributed by atoms with Crippen molar-refractivity contribution in [1.82, 2.24) is 4.98 Å². The van der Waals surface area contributed by atoms with Gasteiger partial charge in [-0.15, -0.1) is 0 Å². The number of halogens is 3. The minimum atomic E-state index is -4.45. The highest BCUT2D eigenvalue weighted by Gasteiger charge is 2.33. The molecule has 0 saturated heterocycles. The molecule has 1 aromatic rings. The number of thioether (sulfide) groups is 1. The third-order valence-electron chi connectivity index (χ3n) is 3.54. The molecular weight excluding hydrogens is 287 g/mol. The lowest BCUT2D eigenvalue weighted by atomic mass is 9.94. The maximum atomic E-state index is 12.7. The van der Waals surface area contributed by atoms with Crippen LogP contribution in [-0.2, 0) is 6.18 Å². The summed E-state index contributed by atoms with van der Waals surface area (Å²) in [4.78, 5) is 3.34. The number of nitrogens with zero attached hydrogens (tertiary/aromatic N) is 1. The number of hydrogen-bond acceptors (Lipinski definition) is 4. The van der Waals surface area contributed by atoms with E-state index >= 15 is 0 Å². The summed E-state index contributed by atoms with van der Waals surface area (Å²) < 4.78 is 38.0. The van der Waals surface area contributed by atoms with Gasteiger partial charge in [-0.25, -0.2) is 4.98 Å². The highest BCUT2D eigenvalue weighted by atomic mass is 32.2. The molecule has 0 aromatic carbocycles. The van der Waals surface area contributed by atoms with Crippen LogP contribution in [0.3, 0.4) is 0 Å². The Morgan fingerprint density at radius 3 is 2.80 bits per heavy atom. The van der Waals surface area contributed by atoms with Crippen molar-refractivity contribution in [2.45, 2.75) is 43.2 Å². The van der Waals surface area contributed by atoms with E-state index in [1.165, 1.54) is 6.42 Å². The molecule has 112 valence electrons. The van der Waals surface area contributed by atoms with Crippen molar-refractivity contribution < 1.29 is 13.2 Å². The van der Waals surface area contributed by atoms with Crippen molar-refractivity contribution in [3.63, 3.8) is 0 Å². The molecular formula is C13H18F3N3S. The lowest BCUT2D eigenvalue weighted by molar-refractivity contribution is -0.141.